The lowest BCUT2D eigenvalue weighted by Gasteiger charge is -2.10. The van der Waals surface area contributed by atoms with E-state index >= 15 is 0 Å². The molecule has 5 nitrogen and oxygen atoms in total. The Morgan fingerprint density at radius 3 is 2.65 bits per heavy atom. The summed E-state index contributed by atoms with van der Waals surface area (Å²) in [5.41, 5.74) is 6.64. The number of nitrogens with zero attached hydrogens (tertiary/aromatic N) is 1. The van der Waals surface area contributed by atoms with E-state index in [1.807, 2.05) is 0 Å². The van der Waals surface area contributed by atoms with Crippen molar-refractivity contribution in [3.63, 3.8) is 0 Å². The van der Waals surface area contributed by atoms with Gasteiger partial charge in [0.2, 0.25) is 0 Å². The summed E-state index contributed by atoms with van der Waals surface area (Å²) < 4.78 is 40.7. The lowest BCUT2D eigenvalue weighted by Crippen LogP contribution is -2.16. The van der Waals surface area contributed by atoms with Crippen LogP contribution in [-0.4, -0.2) is 13.4 Å². The summed E-state index contributed by atoms with van der Waals surface area (Å²) in [6.07, 6.45) is 0. The van der Waals surface area contributed by atoms with E-state index in [2.05, 4.69) is 9.71 Å². The van der Waals surface area contributed by atoms with Gasteiger partial charge in [-0.2, -0.15) is 0 Å². The van der Waals surface area contributed by atoms with Crippen molar-refractivity contribution >= 4 is 26.5 Å². The summed E-state index contributed by atoms with van der Waals surface area (Å²) >= 11 is 1.17. The molecule has 0 aliphatic heterocycles. The van der Waals surface area contributed by atoms with Crippen molar-refractivity contribution in [2.75, 3.05) is 4.72 Å². The molecule has 108 valence electrons. The first-order valence-electron chi connectivity index (χ1n) is 5.77. The number of nitrogens with one attached hydrogen (secondary N) is 1. The van der Waals surface area contributed by atoms with Gasteiger partial charge in [-0.15, -0.1) is 11.3 Å². The van der Waals surface area contributed by atoms with E-state index in [1.165, 1.54) is 30.4 Å². The molecule has 8 heteroatoms. The third-order valence-electron chi connectivity index (χ3n) is 2.72. The molecule has 0 aliphatic carbocycles. The number of halogens is 1. The molecule has 1 heterocycles. The van der Waals surface area contributed by atoms with Crippen LogP contribution in [0.5, 0.6) is 0 Å². The van der Waals surface area contributed by atoms with E-state index in [9.17, 15) is 12.8 Å². The van der Waals surface area contributed by atoms with Gasteiger partial charge < -0.3 is 5.73 Å². The Balaban J connectivity index is 2.46. The van der Waals surface area contributed by atoms with E-state index in [-0.39, 0.29) is 22.1 Å². The molecule has 0 saturated heterocycles. The quantitative estimate of drug-likeness (QED) is 0.905. The molecule has 2 rings (SSSR count). The maximum absolute atomic E-state index is 13.7. The highest BCUT2D eigenvalue weighted by Gasteiger charge is 2.21. The second kappa shape index (κ2) is 5.47. The minimum Gasteiger partial charge on any atom is -0.326 e. The molecule has 0 saturated carbocycles. The van der Waals surface area contributed by atoms with Crippen molar-refractivity contribution in [2.45, 2.75) is 25.3 Å². The molecule has 0 radical (unpaired) electrons. The predicted octanol–water partition coefficient (Wildman–Crippen LogP) is 2.16. The van der Waals surface area contributed by atoms with Gasteiger partial charge in [-0.25, -0.2) is 17.8 Å². The maximum atomic E-state index is 13.7. The Morgan fingerprint density at radius 2 is 2.10 bits per heavy atom. The molecule has 2 aromatic rings. The predicted molar refractivity (Wildman–Crippen MR) is 76.7 cm³/mol. The van der Waals surface area contributed by atoms with Crippen LogP contribution in [0.3, 0.4) is 0 Å². The van der Waals surface area contributed by atoms with Crippen LogP contribution < -0.4 is 10.5 Å². The normalized spacial score (nSPS) is 11.6. The number of hydrogen-bond acceptors (Lipinski definition) is 5. The summed E-state index contributed by atoms with van der Waals surface area (Å²) in [7, 11) is -3.88. The third-order valence-corrected chi connectivity index (χ3v) is 5.19. The number of thiazole rings is 1. The molecule has 20 heavy (non-hydrogen) atoms. The molecule has 1 aromatic heterocycles. The first kappa shape index (κ1) is 14.9. The Hall–Kier alpha value is -1.51. The van der Waals surface area contributed by atoms with E-state index in [0.717, 1.165) is 0 Å². The maximum Gasteiger partial charge on any atom is 0.264 e. The van der Waals surface area contributed by atoms with E-state index < -0.39 is 15.8 Å². The topological polar surface area (TPSA) is 85.1 Å². The fourth-order valence-corrected chi connectivity index (χ4v) is 3.92. The Kier molecular flexibility index (Phi) is 4.07. The third kappa shape index (κ3) is 2.97. The fourth-order valence-electron chi connectivity index (χ4n) is 1.67. The summed E-state index contributed by atoms with van der Waals surface area (Å²) in [4.78, 5) is 3.91. The van der Waals surface area contributed by atoms with Crippen molar-refractivity contribution in [1.29, 1.82) is 0 Å². The number of benzene rings is 1. The summed E-state index contributed by atoms with van der Waals surface area (Å²) in [5, 5.41) is 1.97. The first-order chi connectivity index (χ1) is 9.33. The standard InChI is InChI=1S/C12H14FN3O2S2/c1-7-6-19-12(15-7)16-20(17,18)11-4-9(5-14)3-10(13)8(11)2/h3-4,6H,5,14H2,1-2H3,(H,15,16). The number of nitrogens with two attached hydrogens (primary N) is 1. The van der Waals surface area contributed by atoms with Crippen LogP contribution in [0.25, 0.3) is 0 Å². The fraction of sp³-hybridized carbons (Fsp3) is 0.250. The highest BCUT2D eigenvalue weighted by Crippen LogP contribution is 2.24. The minimum absolute atomic E-state index is 0.0583. The summed E-state index contributed by atoms with van der Waals surface area (Å²) in [5.74, 6) is -0.594. The van der Waals surface area contributed by atoms with Gasteiger partial charge in [0.1, 0.15) is 5.82 Å². The van der Waals surface area contributed by atoms with Gasteiger partial charge in [0.15, 0.2) is 5.13 Å². The zero-order valence-corrected chi connectivity index (χ0v) is 12.6. The van der Waals surface area contributed by atoms with Gasteiger partial charge >= 0.3 is 0 Å². The van der Waals surface area contributed by atoms with E-state index in [4.69, 9.17) is 5.73 Å². The van der Waals surface area contributed by atoms with Crippen LogP contribution in [0.15, 0.2) is 22.4 Å². The van der Waals surface area contributed by atoms with Gasteiger partial charge in [0.05, 0.1) is 10.6 Å². The van der Waals surface area contributed by atoms with Gasteiger partial charge in [-0.3, -0.25) is 4.72 Å². The number of sulfonamides is 1. The Bertz CT molecular complexity index is 741. The Labute approximate surface area is 120 Å². The molecule has 0 bridgehead atoms. The number of hydrogen-bond donors (Lipinski definition) is 2. The summed E-state index contributed by atoms with van der Waals surface area (Å²) in [6, 6.07) is 2.61. The van der Waals surface area contributed by atoms with E-state index in [1.54, 1.807) is 12.3 Å². The van der Waals surface area contributed by atoms with Crippen LogP contribution >= 0.6 is 11.3 Å². The Morgan fingerprint density at radius 1 is 1.40 bits per heavy atom. The smallest absolute Gasteiger partial charge is 0.264 e. The molecule has 0 aliphatic rings. The van der Waals surface area contributed by atoms with Crippen molar-refractivity contribution in [1.82, 2.24) is 4.98 Å². The zero-order chi connectivity index (χ0) is 14.9. The van der Waals surface area contributed by atoms with E-state index in [0.29, 0.717) is 11.3 Å². The summed E-state index contributed by atoms with van der Waals surface area (Å²) in [6.45, 7) is 3.24. The van der Waals surface area contributed by atoms with Gasteiger partial charge in [-0.1, -0.05) is 0 Å². The van der Waals surface area contributed by atoms with Crippen LogP contribution in [0, 0.1) is 19.7 Å². The molecule has 0 spiro atoms. The van der Waals surface area contributed by atoms with Crippen LogP contribution in [0.1, 0.15) is 16.8 Å². The van der Waals surface area contributed by atoms with Crippen LogP contribution in [0.4, 0.5) is 9.52 Å². The number of aromatic nitrogens is 1. The first-order valence-corrected chi connectivity index (χ1v) is 8.14. The highest BCUT2D eigenvalue weighted by molar-refractivity contribution is 7.93. The molecule has 0 atom stereocenters. The number of anilines is 1. The monoisotopic (exact) mass is 315 g/mol. The highest BCUT2D eigenvalue weighted by atomic mass is 32.2. The lowest BCUT2D eigenvalue weighted by atomic mass is 10.1. The minimum atomic E-state index is -3.88. The molecule has 1 aromatic carbocycles. The van der Waals surface area contributed by atoms with Crippen molar-refractivity contribution in [2.24, 2.45) is 5.73 Å². The van der Waals surface area contributed by atoms with Gasteiger partial charge in [0, 0.05) is 17.5 Å². The van der Waals surface area contributed by atoms with Crippen LogP contribution in [0.2, 0.25) is 0 Å². The van der Waals surface area contributed by atoms with Crippen molar-refractivity contribution in [3.8, 4) is 0 Å². The molecule has 0 unspecified atom stereocenters. The molecular formula is C12H14FN3O2S2. The molecule has 0 fully saturated rings. The second-order valence-corrected chi connectivity index (χ2v) is 6.81. The molecular weight excluding hydrogens is 301 g/mol. The molecule has 3 N–H and O–H groups in total. The van der Waals surface area contributed by atoms with Crippen molar-refractivity contribution < 1.29 is 12.8 Å². The lowest BCUT2D eigenvalue weighted by molar-refractivity contribution is 0.589. The van der Waals surface area contributed by atoms with Gasteiger partial charge in [-0.05, 0) is 31.5 Å². The number of rotatable bonds is 4. The SMILES string of the molecule is Cc1csc(NS(=O)(=O)c2cc(CN)cc(F)c2C)n1. The largest absolute Gasteiger partial charge is 0.326 e. The zero-order valence-electron chi connectivity index (χ0n) is 11.0. The van der Waals surface area contributed by atoms with Gasteiger partial charge in [0.25, 0.3) is 10.0 Å². The van der Waals surface area contributed by atoms with Crippen molar-refractivity contribution in [3.05, 3.63) is 40.2 Å². The van der Waals surface area contributed by atoms with Crippen LogP contribution in [-0.2, 0) is 16.6 Å². The number of aryl methyl sites for hydroxylation is 1. The average Bonchev–Trinajstić information content (AvgIpc) is 2.76. The molecule has 0 amide bonds. The average molecular weight is 315 g/mol. The second-order valence-electron chi connectivity index (χ2n) is 4.30.